The number of fused-ring (bicyclic) bond motifs is 1. The van der Waals surface area contributed by atoms with E-state index in [0.717, 1.165) is 38.4 Å². The molecule has 1 fully saturated rings. The highest BCUT2D eigenvalue weighted by molar-refractivity contribution is 8.00. The molecular formula is C17H29N5S. The third-order valence-corrected chi connectivity index (χ3v) is 6.32. The van der Waals surface area contributed by atoms with E-state index in [1.54, 1.807) is 0 Å². The van der Waals surface area contributed by atoms with Gasteiger partial charge in [0.2, 0.25) is 0 Å². The number of nitrogens with zero attached hydrogens (tertiary/aromatic N) is 3. The van der Waals surface area contributed by atoms with E-state index in [2.05, 4.69) is 45.1 Å². The summed E-state index contributed by atoms with van der Waals surface area (Å²) >= 11 is 2.08. The Morgan fingerprint density at radius 3 is 3.04 bits per heavy atom. The first-order valence-corrected chi connectivity index (χ1v) is 9.80. The van der Waals surface area contributed by atoms with Crippen LogP contribution in [0, 0.1) is 0 Å². The average molecular weight is 336 g/mol. The summed E-state index contributed by atoms with van der Waals surface area (Å²) in [5, 5.41) is 6.90. The lowest BCUT2D eigenvalue weighted by Crippen LogP contribution is -2.44. The first kappa shape index (κ1) is 16.7. The maximum atomic E-state index is 4.75. The van der Waals surface area contributed by atoms with Crippen LogP contribution in [0.3, 0.4) is 0 Å². The lowest BCUT2D eigenvalue weighted by atomic mass is 10.1. The topological polar surface area (TPSA) is 54.2 Å². The van der Waals surface area contributed by atoms with Crippen molar-refractivity contribution in [2.24, 2.45) is 4.99 Å². The molecule has 0 aromatic carbocycles. The van der Waals surface area contributed by atoms with Crippen LogP contribution in [-0.4, -0.2) is 46.1 Å². The second kappa shape index (κ2) is 7.60. The standard InChI is InChI=1S/C17H29N5S/c1-17(8-5-11-23-17)13-20-16(18-2)19-9-7-14-12-22-10-4-3-6-15(22)21-14/h12H,3-11,13H2,1-2H3,(H2,18,19,20). The molecule has 23 heavy (non-hydrogen) atoms. The zero-order valence-corrected chi connectivity index (χ0v) is 15.2. The van der Waals surface area contributed by atoms with Crippen LogP contribution in [0.15, 0.2) is 11.2 Å². The molecule has 1 unspecified atom stereocenters. The van der Waals surface area contributed by atoms with Gasteiger partial charge < -0.3 is 15.2 Å². The number of aliphatic imine (C=N–C) groups is 1. The molecule has 0 bridgehead atoms. The van der Waals surface area contributed by atoms with Gasteiger partial charge in [-0.25, -0.2) is 4.98 Å². The maximum absolute atomic E-state index is 4.75. The van der Waals surface area contributed by atoms with Crippen LogP contribution in [0.2, 0.25) is 0 Å². The van der Waals surface area contributed by atoms with Crippen LogP contribution in [0.1, 0.15) is 44.1 Å². The van der Waals surface area contributed by atoms with Crippen LogP contribution in [0.25, 0.3) is 0 Å². The number of imidazole rings is 1. The minimum absolute atomic E-state index is 0.362. The van der Waals surface area contributed by atoms with Crippen LogP contribution in [0.4, 0.5) is 0 Å². The van der Waals surface area contributed by atoms with Crippen LogP contribution >= 0.6 is 11.8 Å². The Kier molecular flexibility index (Phi) is 5.51. The van der Waals surface area contributed by atoms with Gasteiger partial charge in [-0.1, -0.05) is 0 Å². The minimum Gasteiger partial charge on any atom is -0.356 e. The fourth-order valence-electron chi connectivity index (χ4n) is 3.37. The van der Waals surface area contributed by atoms with Crippen molar-refractivity contribution in [3.05, 3.63) is 17.7 Å². The lowest BCUT2D eigenvalue weighted by Gasteiger charge is -2.24. The van der Waals surface area contributed by atoms with Crippen LogP contribution < -0.4 is 10.6 Å². The zero-order chi connectivity index (χ0) is 16.1. The summed E-state index contributed by atoms with van der Waals surface area (Å²) in [5.74, 6) is 3.46. The van der Waals surface area contributed by atoms with Gasteiger partial charge in [-0.3, -0.25) is 4.99 Å². The Labute approximate surface area is 143 Å². The molecule has 2 aliphatic rings. The molecule has 2 aliphatic heterocycles. The molecule has 6 heteroatoms. The second-order valence-electron chi connectivity index (χ2n) is 6.80. The summed E-state index contributed by atoms with van der Waals surface area (Å²) in [6, 6.07) is 0. The molecule has 3 heterocycles. The number of hydrogen-bond acceptors (Lipinski definition) is 3. The van der Waals surface area contributed by atoms with Crippen molar-refractivity contribution in [2.75, 3.05) is 25.9 Å². The molecule has 0 aliphatic carbocycles. The zero-order valence-electron chi connectivity index (χ0n) is 14.4. The van der Waals surface area contributed by atoms with Gasteiger partial charge >= 0.3 is 0 Å². The number of aromatic nitrogens is 2. The molecule has 5 nitrogen and oxygen atoms in total. The Balaban J connectivity index is 1.42. The van der Waals surface area contributed by atoms with Crippen molar-refractivity contribution in [3.63, 3.8) is 0 Å². The van der Waals surface area contributed by atoms with E-state index in [-0.39, 0.29) is 0 Å². The van der Waals surface area contributed by atoms with Crippen molar-refractivity contribution < 1.29 is 0 Å². The van der Waals surface area contributed by atoms with E-state index in [1.165, 1.54) is 43.0 Å². The summed E-state index contributed by atoms with van der Waals surface area (Å²) in [4.78, 5) is 9.09. The number of guanidine groups is 1. The normalized spacial score (nSPS) is 24.5. The molecule has 2 N–H and O–H groups in total. The van der Waals surface area contributed by atoms with E-state index < -0.39 is 0 Å². The summed E-state index contributed by atoms with van der Waals surface area (Å²) in [5.41, 5.74) is 1.20. The van der Waals surface area contributed by atoms with Crippen molar-refractivity contribution in [3.8, 4) is 0 Å². The largest absolute Gasteiger partial charge is 0.356 e. The number of hydrogen-bond donors (Lipinski definition) is 2. The lowest BCUT2D eigenvalue weighted by molar-refractivity contribution is 0.522. The van der Waals surface area contributed by atoms with Gasteiger partial charge in [-0.15, -0.1) is 0 Å². The quantitative estimate of drug-likeness (QED) is 0.640. The van der Waals surface area contributed by atoms with Crippen molar-refractivity contribution in [1.82, 2.24) is 20.2 Å². The Morgan fingerprint density at radius 1 is 1.39 bits per heavy atom. The minimum atomic E-state index is 0.362. The van der Waals surface area contributed by atoms with E-state index in [1.807, 2.05) is 7.05 Å². The molecule has 1 saturated heterocycles. The average Bonchev–Trinajstić information content (AvgIpc) is 3.17. The number of aryl methyl sites for hydroxylation is 2. The number of nitrogens with one attached hydrogen (secondary N) is 2. The van der Waals surface area contributed by atoms with Gasteiger partial charge in [0, 0.05) is 50.5 Å². The molecular weight excluding hydrogens is 306 g/mol. The Hall–Kier alpha value is -1.17. The smallest absolute Gasteiger partial charge is 0.191 e. The second-order valence-corrected chi connectivity index (χ2v) is 8.49. The van der Waals surface area contributed by atoms with Crippen molar-refractivity contribution in [1.29, 1.82) is 0 Å². The van der Waals surface area contributed by atoms with Gasteiger partial charge in [-0.05, 0) is 38.4 Å². The molecule has 0 radical (unpaired) electrons. The molecule has 1 aromatic rings. The van der Waals surface area contributed by atoms with Gasteiger partial charge in [-0.2, -0.15) is 11.8 Å². The van der Waals surface area contributed by atoms with E-state index in [9.17, 15) is 0 Å². The highest BCUT2D eigenvalue weighted by Crippen LogP contribution is 2.36. The van der Waals surface area contributed by atoms with Gasteiger partial charge in [0.15, 0.2) is 5.96 Å². The molecule has 1 atom stereocenters. The summed E-state index contributed by atoms with van der Waals surface area (Å²) in [6.45, 7) is 5.34. The molecule has 1 aromatic heterocycles. The first-order chi connectivity index (χ1) is 11.2. The molecule has 0 spiro atoms. The van der Waals surface area contributed by atoms with Gasteiger partial charge in [0.1, 0.15) is 5.82 Å². The maximum Gasteiger partial charge on any atom is 0.191 e. The summed E-state index contributed by atoms with van der Waals surface area (Å²) < 4.78 is 2.69. The third kappa shape index (κ3) is 4.43. The van der Waals surface area contributed by atoms with E-state index >= 15 is 0 Å². The van der Waals surface area contributed by atoms with Gasteiger partial charge in [0.05, 0.1) is 5.69 Å². The summed E-state index contributed by atoms with van der Waals surface area (Å²) in [6.07, 6.45) is 9.50. The highest BCUT2D eigenvalue weighted by atomic mass is 32.2. The molecule has 0 amide bonds. The molecule has 3 rings (SSSR count). The van der Waals surface area contributed by atoms with Crippen molar-refractivity contribution in [2.45, 2.75) is 56.7 Å². The van der Waals surface area contributed by atoms with E-state index in [4.69, 9.17) is 4.98 Å². The fourth-order valence-corrected chi connectivity index (χ4v) is 4.61. The SMILES string of the molecule is CN=C(NCCc1cn2c(n1)CCCC2)NCC1(C)CCCS1. The molecule has 0 saturated carbocycles. The third-order valence-electron chi connectivity index (χ3n) is 4.79. The highest BCUT2D eigenvalue weighted by Gasteiger charge is 2.29. The Morgan fingerprint density at radius 2 is 2.30 bits per heavy atom. The first-order valence-electron chi connectivity index (χ1n) is 8.82. The van der Waals surface area contributed by atoms with Gasteiger partial charge in [0.25, 0.3) is 0 Å². The fraction of sp³-hybridized carbons (Fsp3) is 0.765. The van der Waals surface area contributed by atoms with Crippen molar-refractivity contribution >= 4 is 17.7 Å². The summed E-state index contributed by atoms with van der Waals surface area (Å²) in [7, 11) is 1.84. The van der Waals surface area contributed by atoms with Crippen LogP contribution in [0.5, 0.6) is 0 Å². The molecule has 128 valence electrons. The van der Waals surface area contributed by atoms with E-state index in [0.29, 0.717) is 4.75 Å². The predicted octanol–water partition coefficient (Wildman–Crippen LogP) is 2.21. The number of thioether (sulfide) groups is 1. The number of rotatable bonds is 5. The monoisotopic (exact) mass is 335 g/mol. The van der Waals surface area contributed by atoms with Crippen LogP contribution in [-0.2, 0) is 19.4 Å². The Bertz CT molecular complexity index is 522. The predicted molar refractivity (Wildman–Crippen MR) is 98.3 cm³/mol.